The first kappa shape index (κ1) is 14.8. The minimum absolute atomic E-state index is 0.0351. The van der Waals surface area contributed by atoms with Crippen LogP contribution in [0, 0.1) is 0 Å². The van der Waals surface area contributed by atoms with Crippen molar-refractivity contribution in [2.75, 3.05) is 11.9 Å². The van der Waals surface area contributed by atoms with Gasteiger partial charge in [-0.25, -0.2) is 4.79 Å². The maximum Gasteiger partial charge on any atom is 0.356 e. The summed E-state index contributed by atoms with van der Waals surface area (Å²) in [5, 5.41) is 9.50. The standard InChI is InChI=1S/C15H17N3O3/c1-3-14(19)16-11-7-5-10(6-8-11)12-9-13(18-17-12)15(20)21-4-2/h5-9H,3-4H2,1-2H3,(H,16,19)(H,17,18). The van der Waals surface area contributed by atoms with Gasteiger partial charge in [0.1, 0.15) is 5.69 Å². The van der Waals surface area contributed by atoms with Gasteiger partial charge < -0.3 is 10.1 Å². The zero-order valence-electron chi connectivity index (χ0n) is 12.0. The number of ether oxygens (including phenoxy) is 1. The Morgan fingerprint density at radius 1 is 1.24 bits per heavy atom. The highest BCUT2D eigenvalue weighted by Gasteiger charge is 2.11. The van der Waals surface area contributed by atoms with Crippen LogP contribution in [0.2, 0.25) is 0 Å². The second-order valence-electron chi connectivity index (χ2n) is 4.37. The van der Waals surface area contributed by atoms with E-state index in [0.29, 0.717) is 24.4 Å². The Bertz CT molecular complexity index is 632. The minimum atomic E-state index is -0.428. The van der Waals surface area contributed by atoms with Crippen molar-refractivity contribution < 1.29 is 14.3 Å². The van der Waals surface area contributed by atoms with Crippen LogP contribution in [0.5, 0.6) is 0 Å². The molecule has 21 heavy (non-hydrogen) atoms. The number of H-pyrrole nitrogens is 1. The lowest BCUT2D eigenvalue weighted by atomic mass is 10.1. The monoisotopic (exact) mass is 287 g/mol. The minimum Gasteiger partial charge on any atom is -0.461 e. The van der Waals surface area contributed by atoms with E-state index in [0.717, 1.165) is 11.3 Å². The molecular weight excluding hydrogens is 270 g/mol. The van der Waals surface area contributed by atoms with Crippen LogP contribution >= 0.6 is 0 Å². The highest BCUT2D eigenvalue weighted by molar-refractivity contribution is 5.91. The normalized spacial score (nSPS) is 10.2. The third kappa shape index (κ3) is 3.68. The SMILES string of the molecule is CCOC(=O)c1cc(-c2ccc(NC(=O)CC)cc2)n[nH]1. The fourth-order valence-corrected chi connectivity index (χ4v) is 1.76. The van der Waals surface area contributed by atoms with Crippen LogP contribution in [-0.2, 0) is 9.53 Å². The lowest BCUT2D eigenvalue weighted by molar-refractivity contribution is -0.115. The fourth-order valence-electron chi connectivity index (χ4n) is 1.76. The van der Waals surface area contributed by atoms with Crippen molar-refractivity contribution in [2.24, 2.45) is 0 Å². The molecule has 0 saturated carbocycles. The lowest BCUT2D eigenvalue weighted by Crippen LogP contribution is -2.08. The summed E-state index contributed by atoms with van der Waals surface area (Å²) in [5.41, 5.74) is 2.53. The quantitative estimate of drug-likeness (QED) is 0.828. The topological polar surface area (TPSA) is 84.1 Å². The number of anilines is 1. The molecule has 2 N–H and O–H groups in total. The van der Waals surface area contributed by atoms with Gasteiger partial charge in [-0.15, -0.1) is 0 Å². The van der Waals surface area contributed by atoms with Crippen LogP contribution in [-0.4, -0.2) is 28.7 Å². The Morgan fingerprint density at radius 2 is 1.95 bits per heavy atom. The van der Waals surface area contributed by atoms with E-state index >= 15 is 0 Å². The summed E-state index contributed by atoms with van der Waals surface area (Å²) in [6.07, 6.45) is 0.435. The predicted octanol–water partition coefficient (Wildman–Crippen LogP) is 2.60. The number of hydrogen-bond donors (Lipinski definition) is 2. The van der Waals surface area contributed by atoms with Gasteiger partial charge in [0.25, 0.3) is 0 Å². The van der Waals surface area contributed by atoms with Gasteiger partial charge in [0.15, 0.2) is 0 Å². The summed E-state index contributed by atoms with van der Waals surface area (Å²) < 4.78 is 4.89. The molecule has 1 heterocycles. The first-order valence-corrected chi connectivity index (χ1v) is 6.76. The van der Waals surface area contributed by atoms with Gasteiger partial charge in [0.2, 0.25) is 5.91 Å². The molecule has 0 fully saturated rings. The van der Waals surface area contributed by atoms with Crippen LogP contribution in [0.15, 0.2) is 30.3 Å². The van der Waals surface area contributed by atoms with Crippen LogP contribution < -0.4 is 5.32 Å². The van der Waals surface area contributed by atoms with Crippen molar-refractivity contribution in [2.45, 2.75) is 20.3 Å². The Balaban J connectivity index is 2.12. The molecular formula is C15H17N3O3. The fraction of sp³-hybridized carbons (Fsp3) is 0.267. The Kier molecular flexibility index (Phi) is 4.71. The predicted molar refractivity (Wildman–Crippen MR) is 78.9 cm³/mol. The molecule has 110 valence electrons. The smallest absolute Gasteiger partial charge is 0.356 e. The summed E-state index contributed by atoms with van der Waals surface area (Å²) in [5.74, 6) is -0.463. The highest BCUT2D eigenvalue weighted by Crippen LogP contribution is 2.20. The number of hydrogen-bond acceptors (Lipinski definition) is 4. The van der Waals surface area contributed by atoms with Crippen molar-refractivity contribution in [3.8, 4) is 11.3 Å². The average molecular weight is 287 g/mol. The molecule has 0 aliphatic rings. The molecule has 0 atom stereocenters. The number of amides is 1. The van der Waals surface area contributed by atoms with E-state index in [4.69, 9.17) is 4.74 Å². The van der Waals surface area contributed by atoms with Crippen molar-refractivity contribution in [3.63, 3.8) is 0 Å². The number of rotatable bonds is 5. The van der Waals surface area contributed by atoms with Crippen molar-refractivity contribution in [3.05, 3.63) is 36.0 Å². The number of carbonyl (C=O) groups is 2. The largest absolute Gasteiger partial charge is 0.461 e. The van der Waals surface area contributed by atoms with E-state index in [1.54, 1.807) is 32.0 Å². The van der Waals surface area contributed by atoms with Crippen LogP contribution in [0.25, 0.3) is 11.3 Å². The third-order valence-electron chi connectivity index (χ3n) is 2.86. The molecule has 1 aromatic carbocycles. The number of aromatic nitrogens is 2. The number of nitrogens with one attached hydrogen (secondary N) is 2. The van der Waals surface area contributed by atoms with E-state index in [1.165, 1.54) is 0 Å². The van der Waals surface area contributed by atoms with E-state index in [2.05, 4.69) is 15.5 Å². The van der Waals surface area contributed by atoms with Crippen LogP contribution in [0.4, 0.5) is 5.69 Å². The number of nitrogens with zero attached hydrogens (tertiary/aromatic N) is 1. The first-order chi connectivity index (χ1) is 10.1. The second kappa shape index (κ2) is 6.69. The maximum absolute atomic E-state index is 11.6. The zero-order chi connectivity index (χ0) is 15.2. The first-order valence-electron chi connectivity index (χ1n) is 6.76. The second-order valence-corrected chi connectivity index (χ2v) is 4.37. The molecule has 1 aromatic heterocycles. The molecule has 0 radical (unpaired) electrons. The van der Waals surface area contributed by atoms with Gasteiger partial charge in [-0.1, -0.05) is 19.1 Å². The number of esters is 1. The molecule has 0 spiro atoms. The van der Waals surface area contributed by atoms with Gasteiger partial charge in [-0.3, -0.25) is 9.89 Å². The Hall–Kier alpha value is -2.63. The number of aromatic amines is 1. The summed E-state index contributed by atoms with van der Waals surface area (Å²) in [7, 11) is 0. The summed E-state index contributed by atoms with van der Waals surface area (Å²) >= 11 is 0. The third-order valence-corrected chi connectivity index (χ3v) is 2.86. The van der Waals surface area contributed by atoms with Gasteiger partial charge >= 0.3 is 5.97 Å². The highest BCUT2D eigenvalue weighted by atomic mass is 16.5. The van der Waals surface area contributed by atoms with E-state index < -0.39 is 5.97 Å². The van der Waals surface area contributed by atoms with E-state index in [-0.39, 0.29) is 5.91 Å². The van der Waals surface area contributed by atoms with Crippen molar-refractivity contribution in [1.29, 1.82) is 0 Å². The number of carbonyl (C=O) groups excluding carboxylic acids is 2. The van der Waals surface area contributed by atoms with Gasteiger partial charge in [0, 0.05) is 17.7 Å². The zero-order valence-corrected chi connectivity index (χ0v) is 12.0. The van der Waals surface area contributed by atoms with Crippen molar-refractivity contribution in [1.82, 2.24) is 10.2 Å². The Labute approximate surface area is 122 Å². The summed E-state index contributed by atoms with van der Waals surface area (Å²) in [6.45, 7) is 3.86. The van der Waals surface area contributed by atoms with E-state index in [9.17, 15) is 9.59 Å². The van der Waals surface area contributed by atoms with Crippen LogP contribution in [0.1, 0.15) is 30.8 Å². The maximum atomic E-state index is 11.6. The molecule has 0 unspecified atom stereocenters. The summed E-state index contributed by atoms with van der Waals surface area (Å²) in [4.78, 5) is 22.9. The molecule has 2 rings (SSSR count). The molecule has 0 aliphatic heterocycles. The lowest BCUT2D eigenvalue weighted by Gasteiger charge is -2.03. The molecule has 6 heteroatoms. The van der Waals surface area contributed by atoms with E-state index in [1.807, 2.05) is 12.1 Å². The molecule has 1 amide bonds. The Morgan fingerprint density at radius 3 is 2.57 bits per heavy atom. The molecule has 0 bridgehead atoms. The van der Waals surface area contributed by atoms with Gasteiger partial charge in [-0.2, -0.15) is 5.10 Å². The van der Waals surface area contributed by atoms with Crippen LogP contribution in [0.3, 0.4) is 0 Å². The summed E-state index contributed by atoms with van der Waals surface area (Å²) in [6, 6.07) is 8.88. The van der Waals surface area contributed by atoms with Crippen molar-refractivity contribution >= 4 is 17.6 Å². The van der Waals surface area contributed by atoms with Gasteiger partial charge in [-0.05, 0) is 25.1 Å². The molecule has 2 aromatic rings. The number of benzene rings is 1. The average Bonchev–Trinajstić information content (AvgIpc) is 2.98. The molecule has 6 nitrogen and oxygen atoms in total. The van der Waals surface area contributed by atoms with Gasteiger partial charge in [0.05, 0.1) is 12.3 Å². The molecule has 0 saturated heterocycles. The molecule has 0 aliphatic carbocycles.